The Kier molecular flexibility index (Phi) is 4.59. The highest BCUT2D eigenvalue weighted by Gasteiger charge is 2.19. The summed E-state index contributed by atoms with van der Waals surface area (Å²) in [6.45, 7) is 2.01. The van der Waals surface area contributed by atoms with Crippen molar-refractivity contribution in [2.24, 2.45) is 10.9 Å². The van der Waals surface area contributed by atoms with Gasteiger partial charge < -0.3 is 15.8 Å². The van der Waals surface area contributed by atoms with Crippen LogP contribution in [-0.2, 0) is 0 Å². The number of amidine groups is 1. The quantitative estimate of drug-likeness (QED) is 0.392. The zero-order chi connectivity index (χ0) is 15.4. The average molecular weight is 306 g/mol. The van der Waals surface area contributed by atoms with Gasteiger partial charge in [0.05, 0.1) is 6.04 Å². The van der Waals surface area contributed by atoms with Gasteiger partial charge in [0, 0.05) is 24.5 Å². The Morgan fingerprint density at radius 1 is 1.38 bits per heavy atom. The van der Waals surface area contributed by atoms with E-state index in [1.807, 2.05) is 43.1 Å². The first-order valence-corrected chi connectivity index (χ1v) is 6.69. The lowest BCUT2D eigenvalue weighted by molar-refractivity contribution is 0.318. The Labute approximate surface area is 127 Å². The highest BCUT2D eigenvalue weighted by molar-refractivity contribution is 6.30. The number of oxime groups is 1. The van der Waals surface area contributed by atoms with E-state index in [-0.39, 0.29) is 11.9 Å². The van der Waals surface area contributed by atoms with E-state index in [4.69, 9.17) is 22.5 Å². The number of halogens is 1. The van der Waals surface area contributed by atoms with Crippen molar-refractivity contribution in [1.82, 2.24) is 9.97 Å². The second-order valence-corrected chi connectivity index (χ2v) is 4.99. The number of hydrogen-bond acceptors (Lipinski definition) is 5. The molecule has 1 unspecified atom stereocenters. The SMILES string of the molecule is CC(c1cccc(Cl)c1)N(C)c1nccnc1C(N)=NO. The first-order valence-electron chi connectivity index (χ1n) is 6.31. The van der Waals surface area contributed by atoms with Crippen molar-refractivity contribution < 1.29 is 5.21 Å². The van der Waals surface area contributed by atoms with Crippen LogP contribution in [0.1, 0.15) is 24.2 Å². The summed E-state index contributed by atoms with van der Waals surface area (Å²) in [5.74, 6) is 0.448. The Hall–Kier alpha value is -2.34. The van der Waals surface area contributed by atoms with Crippen LogP contribution >= 0.6 is 11.6 Å². The topological polar surface area (TPSA) is 87.6 Å². The number of aromatic nitrogens is 2. The molecule has 3 N–H and O–H groups in total. The summed E-state index contributed by atoms with van der Waals surface area (Å²) in [5.41, 5.74) is 7.00. The molecule has 1 aromatic heterocycles. The van der Waals surface area contributed by atoms with Crippen LogP contribution in [0.25, 0.3) is 0 Å². The molecule has 0 aliphatic rings. The highest BCUT2D eigenvalue weighted by atomic mass is 35.5. The van der Waals surface area contributed by atoms with Crippen LogP contribution in [0, 0.1) is 0 Å². The summed E-state index contributed by atoms with van der Waals surface area (Å²) < 4.78 is 0. The number of rotatable bonds is 4. The third kappa shape index (κ3) is 3.22. The minimum atomic E-state index is -0.0803. The molecule has 1 aromatic carbocycles. The maximum atomic E-state index is 8.85. The van der Waals surface area contributed by atoms with Gasteiger partial charge in [-0.15, -0.1) is 0 Å². The van der Waals surface area contributed by atoms with E-state index in [9.17, 15) is 0 Å². The van der Waals surface area contributed by atoms with E-state index in [1.165, 1.54) is 6.20 Å². The Morgan fingerprint density at radius 2 is 2.10 bits per heavy atom. The summed E-state index contributed by atoms with van der Waals surface area (Å²) in [5, 5.41) is 12.5. The maximum Gasteiger partial charge on any atom is 0.192 e. The van der Waals surface area contributed by atoms with Gasteiger partial charge in [-0.3, -0.25) is 0 Å². The van der Waals surface area contributed by atoms with E-state index < -0.39 is 0 Å². The molecule has 2 aromatic rings. The van der Waals surface area contributed by atoms with Crippen LogP contribution in [0.4, 0.5) is 5.82 Å². The molecule has 1 heterocycles. The number of nitrogens with zero attached hydrogens (tertiary/aromatic N) is 4. The maximum absolute atomic E-state index is 8.85. The molecular formula is C14H16ClN5O. The van der Waals surface area contributed by atoms with E-state index in [0.717, 1.165) is 5.56 Å². The van der Waals surface area contributed by atoms with Gasteiger partial charge in [-0.1, -0.05) is 28.9 Å². The average Bonchev–Trinajstić information content (AvgIpc) is 2.52. The van der Waals surface area contributed by atoms with Crippen molar-refractivity contribution in [2.45, 2.75) is 13.0 Å². The lowest BCUT2D eigenvalue weighted by Crippen LogP contribution is -2.27. The van der Waals surface area contributed by atoms with Crippen LogP contribution < -0.4 is 10.6 Å². The van der Waals surface area contributed by atoms with Gasteiger partial charge in [0.2, 0.25) is 0 Å². The zero-order valence-electron chi connectivity index (χ0n) is 11.7. The molecule has 21 heavy (non-hydrogen) atoms. The van der Waals surface area contributed by atoms with Crippen molar-refractivity contribution in [3.8, 4) is 0 Å². The third-order valence-electron chi connectivity index (χ3n) is 3.28. The van der Waals surface area contributed by atoms with Crippen LogP contribution in [-0.4, -0.2) is 28.1 Å². The summed E-state index contributed by atoms with van der Waals surface area (Å²) in [6.07, 6.45) is 3.06. The van der Waals surface area contributed by atoms with Crippen LogP contribution in [0.3, 0.4) is 0 Å². The molecule has 0 amide bonds. The number of nitrogens with two attached hydrogens (primary N) is 1. The van der Waals surface area contributed by atoms with E-state index in [0.29, 0.717) is 16.5 Å². The molecule has 1 atom stereocenters. The van der Waals surface area contributed by atoms with Crippen LogP contribution in [0.5, 0.6) is 0 Å². The fraction of sp³-hybridized carbons (Fsp3) is 0.214. The molecular weight excluding hydrogens is 290 g/mol. The summed E-state index contributed by atoms with van der Waals surface area (Å²) in [7, 11) is 1.86. The number of benzene rings is 1. The minimum absolute atomic E-state index is 0.00866. The van der Waals surface area contributed by atoms with Crippen molar-refractivity contribution in [1.29, 1.82) is 0 Å². The molecule has 0 aliphatic carbocycles. The molecule has 0 fully saturated rings. The Morgan fingerprint density at radius 3 is 2.76 bits per heavy atom. The number of hydrogen-bond donors (Lipinski definition) is 2. The molecule has 0 bridgehead atoms. The molecule has 0 aliphatic heterocycles. The first-order chi connectivity index (χ1) is 10.0. The Bertz CT molecular complexity index is 661. The fourth-order valence-electron chi connectivity index (χ4n) is 1.99. The van der Waals surface area contributed by atoms with Gasteiger partial charge >= 0.3 is 0 Å². The predicted octanol–water partition coefficient (Wildman–Crippen LogP) is 2.42. The van der Waals surface area contributed by atoms with Gasteiger partial charge in [0.1, 0.15) is 0 Å². The van der Waals surface area contributed by atoms with Crippen LogP contribution in [0.15, 0.2) is 41.8 Å². The zero-order valence-corrected chi connectivity index (χ0v) is 12.5. The molecule has 6 nitrogen and oxygen atoms in total. The standard InChI is InChI=1S/C14H16ClN5O/c1-9(10-4-3-5-11(15)8-10)20(2)14-12(13(16)19-21)17-6-7-18-14/h3-9,21H,1-2H3,(H2,16,19). The van der Waals surface area contributed by atoms with Crippen molar-refractivity contribution >= 4 is 23.3 Å². The molecule has 0 saturated carbocycles. The summed E-state index contributed by atoms with van der Waals surface area (Å²) in [6, 6.07) is 7.57. The molecule has 0 spiro atoms. The van der Waals surface area contributed by atoms with Gasteiger partial charge in [-0.25, -0.2) is 9.97 Å². The van der Waals surface area contributed by atoms with Gasteiger partial charge in [-0.2, -0.15) is 0 Å². The number of anilines is 1. The highest BCUT2D eigenvalue weighted by Crippen LogP contribution is 2.26. The smallest absolute Gasteiger partial charge is 0.192 e. The Balaban J connectivity index is 2.38. The van der Waals surface area contributed by atoms with Gasteiger partial charge in [0.25, 0.3) is 0 Å². The van der Waals surface area contributed by atoms with Crippen molar-refractivity contribution in [3.05, 3.63) is 52.9 Å². The second kappa shape index (κ2) is 6.41. The van der Waals surface area contributed by atoms with Gasteiger partial charge in [-0.05, 0) is 24.6 Å². The minimum Gasteiger partial charge on any atom is -0.409 e. The molecule has 0 saturated heterocycles. The van der Waals surface area contributed by atoms with Crippen molar-refractivity contribution in [2.75, 3.05) is 11.9 Å². The van der Waals surface area contributed by atoms with Gasteiger partial charge in [0.15, 0.2) is 17.3 Å². The molecule has 0 radical (unpaired) electrons. The van der Waals surface area contributed by atoms with E-state index in [2.05, 4.69) is 15.1 Å². The third-order valence-corrected chi connectivity index (χ3v) is 3.51. The van der Waals surface area contributed by atoms with E-state index in [1.54, 1.807) is 6.20 Å². The monoisotopic (exact) mass is 305 g/mol. The van der Waals surface area contributed by atoms with E-state index >= 15 is 0 Å². The normalized spacial score (nSPS) is 13.0. The second-order valence-electron chi connectivity index (χ2n) is 4.56. The van der Waals surface area contributed by atoms with Crippen LogP contribution in [0.2, 0.25) is 5.02 Å². The summed E-state index contributed by atoms with van der Waals surface area (Å²) in [4.78, 5) is 10.3. The largest absolute Gasteiger partial charge is 0.409 e. The van der Waals surface area contributed by atoms with Crippen molar-refractivity contribution in [3.63, 3.8) is 0 Å². The fourth-order valence-corrected chi connectivity index (χ4v) is 2.19. The molecule has 110 valence electrons. The predicted molar refractivity (Wildman–Crippen MR) is 82.8 cm³/mol. The lowest BCUT2D eigenvalue weighted by Gasteiger charge is -2.27. The first kappa shape index (κ1) is 15.1. The summed E-state index contributed by atoms with van der Waals surface area (Å²) >= 11 is 6.03. The lowest BCUT2D eigenvalue weighted by atomic mass is 10.1. The molecule has 2 rings (SSSR count). The molecule has 7 heteroatoms.